The lowest BCUT2D eigenvalue weighted by Gasteiger charge is -2.14. The largest absolute Gasteiger partial charge is 0.410 e. The number of rotatable bonds is 6. The Morgan fingerprint density at radius 1 is 1.39 bits per heavy atom. The topological polar surface area (TPSA) is 136 Å². The fourth-order valence-corrected chi connectivity index (χ4v) is 2.99. The highest BCUT2D eigenvalue weighted by atomic mass is 32.2. The third kappa shape index (κ3) is 8.24. The van der Waals surface area contributed by atoms with Crippen molar-refractivity contribution in [1.29, 1.82) is 0 Å². The van der Waals surface area contributed by atoms with Gasteiger partial charge in [0.1, 0.15) is 11.2 Å². The van der Waals surface area contributed by atoms with E-state index in [-0.39, 0.29) is 16.6 Å². The molecule has 1 atom stereocenters. The lowest BCUT2D eigenvalue weighted by atomic mass is 10.2. The van der Waals surface area contributed by atoms with E-state index in [9.17, 15) is 14.2 Å². The van der Waals surface area contributed by atoms with E-state index in [4.69, 9.17) is 15.0 Å². The van der Waals surface area contributed by atoms with Gasteiger partial charge in [-0.2, -0.15) is 0 Å². The van der Waals surface area contributed by atoms with Gasteiger partial charge in [-0.15, -0.1) is 11.8 Å². The van der Waals surface area contributed by atoms with Crippen LogP contribution >= 0.6 is 19.4 Å². The Kier molecular flexibility index (Phi) is 7.15. The van der Waals surface area contributed by atoms with Crippen LogP contribution in [0.25, 0.3) is 0 Å². The number of carbonyl (C=O) groups is 2. The first-order chi connectivity index (χ1) is 8.15. The van der Waals surface area contributed by atoms with Gasteiger partial charge in [-0.3, -0.25) is 14.2 Å². The summed E-state index contributed by atoms with van der Waals surface area (Å²) in [5, 5.41) is 13.5. The highest BCUT2D eigenvalue weighted by Gasteiger charge is 2.21. The number of nitrogens with one attached hydrogen (secondary N) is 1. The fraction of sp³-hybridized carbons (Fsp3) is 0.625. The van der Waals surface area contributed by atoms with Gasteiger partial charge in [0.15, 0.2) is 5.78 Å². The molecule has 10 heteroatoms. The molecule has 0 heterocycles. The highest BCUT2D eigenvalue weighted by molar-refractivity contribution is 8.14. The van der Waals surface area contributed by atoms with E-state index < -0.39 is 25.7 Å². The Hall–Kier alpha value is -0.890. The molecule has 0 aromatic heterocycles. The summed E-state index contributed by atoms with van der Waals surface area (Å²) in [7, 11) is -4.33. The molecule has 0 aromatic rings. The van der Waals surface area contributed by atoms with Gasteiger partial charge < -0.3 is 20.3 Å². The average molecular weight is 298 g/mol. The number of amides is 1. The Morgan fingerprint density at radius 2 is 1.94 bits per heavy atom. The van der Waals surface area contributed by atoms with Gasteiger partial charge in [0.25, 0.3) is 0 Å². The van der Waals surface area contributed by atoms with Gasteiger partial charge in [0, 0.05) is 12.7 Å². The lowest BCUT2D eigenvalue weighted by molar-refractivity contribution is -0.125. The molecule has 0 spiro atoms. The van der Waals surface area contributed by atoms with Crippen LogP contribution in [-0.2, 0) is 14.2 Å². The van der Waals surface area contributed by atoms with Crippen molar-refractivity contribution in [2.45, 2.75) is 19.9 Å². The van der Waals surface area contributed by atoms with Crippen LogP contribution in [0.4, 0.5) is 0 Å². The van der Waals surface area contributed by atoms with Gasteiger partial charge in [0.05, 0.1) is 6.04 Å². The number of hydrogen-bond donors (Lipinski definition) is 4. The number of thioether (sulfide) groups is 1. The average Bonchev–Trinajstić information content (AvgIpc) is 2.19. The molecule has 8 nitrogen and oxygen atoms in total. The summed E-state index contributed by atoms with van der Waals surface area (Å²) in [6, 6.07) is -0.791. The van der Waals surface area contributed by atoms with E-state index >= 15 is 0 Å². The zero-order valence-corrected chi connectivity index (χ0v) is 11.6. The van der Waals surface area contributed by atoms with Crippen LogP contribution in [0.1, 0.15) is 13.8 Å². The molecule has 0 saturated carbocycles. The molecule has 0 saturated heterocycles. The summed E-state index contributed by atoms with van der Waals surface area (Å²) in [6.07, 6.45) is -0.709. The normalized spacial score (nSPS) is 14.1. The van der Waals surface area contributed by atoms with Gasteiger partial charge >= 0.3 is 7.60 Å². The second kappa shape index (κ2) is 7.52. The summed E-state index contributed by atoms with van der Waals surface area (Å²) in [5.41, 5.74) is 0. The monoisotopic (exact) mass is 298 g/mol. The molecule has 0 unspecified atom stereocenters. The number of ketones is 1. The molecule has 0 fully saturated rings. The van der Waals surface area contributed by atoms with Gasteiger partial charge in [-0.1, -0.05) is 5.16 Å². The third-order valence-electron chi connectivity index (χ3n) is 1.74. The second-order valence-corrected chi connectivity index (χ2v) is 6.23. The lowest BCUT2D eigenvalue weighted by Crippen LogP contribution is -2.40. The molecule has 18 heavy (non-hydrogen) atoms. The number of Topliss-reactive ketones (excluding diaryl/α,β-unsaturated/α-hetero) is 1. The molecule has 0 rings (SSSR count). The van der Waals surface area contributed by atoms with Crippen LogP contribution in [0, 0.1) is 0 Å². The minimum absolute atomic E-state index is 0.0360. The predicted molar refractivity (Wildman–Crippen MR) is 66.9 cm³/mol. The minimum atomic E-state index is -4.33. The standard InChI is InChI=1S/C8H15N2O6PS/c1-5(11)7(9-6(2)12)4-18-8(10-13)3-17(14,15)16/h7,13H,3-4H2,1-2H3,(H,9,12)(H2,14,15,16)/t7-/m0/s1. The molecule has 104 valence electrons. The highest BCUT2D eigenvalue weighted by Crippen LogP contribution is 2.35. The van der Waals surface area contributed by atoms with Crippen molar-refractivity contribution in [3.8, 4) is 0 Å². The van der Waals surface area contributed by atoms with E-state index in [0.29, 0.717) is 0 Å². The SMILES string of the molecule is CC(=O)N[C@@H](CSC(CP(=O)(O)O)=NO)C(C)=O. The fourth-order valence-electron chi connectivity index (χ4n) is 0.968. The van der Waals surface area contributed by atoms with E-state index in [0.717, 1.165) is 11.8 Å². The quantitative estimate of drug-likeness (QED) is 0.175. The van der Waals surface area contributed by atoms with Gasteiger partial charge in [-0.25, -0.2) is 0 Å². The van der Waals surface area contributed by atoms with Gasteiger partial charge in [0.2, 0.25) is 5.91 Å². The van der Waals surface area contributed by atoms with Crippen molar-refractivity contribution in [3.63, 3.8) is 0 Å². The Labute approximate surface area is 108 Å². The first-order valence-electron chi connectivity index (χ1n) is 4.81. The van der Waals surface area contributed by atoms with Crippen molar-refractivity contribution in [3.05, 3.63) is 0 Å². The van der Waals surface area contributed by atoms with Crippen molar-refractivity contribution in [1.82, 2.24) is 5.32 Å². The molecule has 0 aliphatic heterocycles. The summed E-state index contributed by atoms with van der Waals surface area (Å²) in [4.78, 5) is 39.4. The third-order valence-corrected chi connectivity index (χ3v) is 3.72. The van der Waals surface area contributed by atoms with Crippen LogP contribution in [-0.4, -0.2) is 49.7 Å². The van der Waals surface area contributed by atoms with E-state index in [1.807, 2.05) is 0 Å². The number of carbonyl (C=O) groups excluding carboxylic acids is 2. The van der Waals surface area contributed by atoms with Gasteiger partial charge in [-0.05, 0) is 6.92 Å². The number of hydrogen-bond acceptors (Lipinski definition) is 6. The Bertz CT molecular complexity index is 393. The molecule has 0 aromatic carbocycles. The van der Waals surface area contributed by atoms with Crippen LogP contribution < -0.4 is 5.32 Å². The molecule has 1 amide bonds. The molecule has 0 radical (unpaired) electrons. The maximum absolute atomic E-state index is 11.2. The van der Waals surface area contributed by atoms with Crippen LogP contribution in [0.2, 0.25) is 0 Å². The van der Waals surface area contributed by atoms with Crippen LogP contribution in [0.3, 0.4) is 0 Å². The number of oxime groups is 1. The van der Waals surface area contributed by atoms with Crippen molar-refractivity contribution in [2.24, 2.45) is 5.16 Å². The molecule has 0 bridgehead atoms. The minimum Gasteiger partial charge on any atom is -0.410 e. The summed E-state index contributed by atoms with van der Waals surface area (Å²) >= 11 is 0.799. The Morgan fingerprint density at radius 3 is 2.28 bits per heavy atom. The smallest absolute Gasteiger partial charge is 0.332 e. The molecular formula is C8H15N2O6PS. The van der Waals surface area contributed by atoms with Crippen molar-refractivity contribution < 1.29 is 29.1 Å². The predicted octanol–water partition coefficient (Wildman–Crippen LogP) is -0.221. The maximum atomic E-state index is 11.2. The van der Waals surface area contributed by atoms with Crippen molar-refractivity contribution in [2.75, 3.05) is 11.9 Å². The summed E-state index contributed by atoms with van der Waals surface area (Å²) < 4.78 is 10.7. The summed E-state index contributed by atoms with van der Waals surface area (Å²) in [5.74, 6) is -0.659. The Balaban J connectivity index is 4.46. The van der Waals surface area contributed by atoms with Crippen LogP contribution in [0.5, 0.6) is 0 Å². The zero-order valence-electron chi connectivity index (χ0n) is 9.86. The van der Waals surface area contributed by atoms with E-state index in [2.05, 4.69) is 10.5 Å². The summed E-state index contributed by atoms with van der Waals surface area (Å²) in [6.45, 7) is 2.53. The second-order valence-electron chi connectivity index (χ2n) is 3.49. The van der Waals surface area contributed by atoms with Crippen molar-refractivity contribution >= 4 is 36.1 Å². The molecule has 0 aliphatic carbocycles. The first-order valence-corrected chi connectivity index (χ1v) is 7.60. The number of nitrogens with zero attached hydrogens (tertiary/aromatic N) is 1. The first kappa shape index (κ1) is 17.1. The molecular weight excluding hydrogens is 283 g/mol. The maximum Gasteiger partial charge on any atom is 0.332 e. The van der Waals surface area contributed by atoms with E-state index in [1.165, 1.54) is 13.8 Å². The van der Waals surface area contributed by atoms with Crippen LogP contribution in [0.15, 0.2) is 5.16 Å². The molecule has 0 aliphatic rings. The molecule has 4 N–H and O–H groups in total. The zero-order chi connectivity index (χ0) is 14.3. The van der Waals surface area contributed by atoms with E-state index in [1.54, 1.807) is 0 Å².